The molecule has 4 aromatic heterocycles. The van der Waals surface area contributed by atoms with Gasteiger partial charge in [0.2, 0.25) is 10.0 Å². The molecule has 1 saturated carbocycles. The van der Waals surface area contributed by atoms with Crippen molar-refractivity contribution in [3.63, 3.8) is 0 Å². The van der Waals surface area contributed by atoms with Crippen molar-refractivity contribution in [2.45, 2.75) is 42.8 Å². The molecule has 9 nitrogen and oxygen atoms in total. The zero-order chi connectivity index (χ0) is 25.7. The molecule has 1 unspecified atom stereocenters. The lowest BCUT2D eigenvalue weighted by atomic mass is 10.1. The van der Waals surface area contributed by atoms with Gasteiger partial charge in [-0.15, -0.1) is 0 Å². The summed E-state index contributed by atoms with van der Waals surface area (Å²) in [5.74, 6) is 0.760. The zero-order valence-electron chi connectivity index (χ0n) is 18.7. The Balaban J connectivity index is 1.65. The molecule has 0 aliphatic heterocycles. The summed E-state index contributed by atoms with van der Waals surface area (Å²) in [6, 6.07) is 4.30. The Hall–Kier alpha value is -3.89. The van der Waals surface area contributed by atoms with Crippen molar-refractivity contribution in [2.24, 2.45) is 0 Å². The first-order valence-electron chi connectivity index (χ1n) is 10.9. The van der Waals surface area contributed by atoms with E-state index in [4.69, 9.17) is 0 Å². The SMILES string of the molecule is CC(NS(=O)(=O)c1ccc(-c2c(C#N)c3cc(C4CC4)cnc3n2-c2cnccn2)nc1)C(F)(F)F. The highest BCUT2D eigenvalue weighted by Gasteiger charge is 2.39. The van der Waals surface area contributed by atoms with E-state index in [2.05, 4.69) is 26.0 Å². The maximum atomic E-state index is 12.9. The molecule has 1 aliphatic rings. The Morgan fingerprint density at radius 2 is 1.92 bits per heavy atom. The number of aromatic nitrogens is 5. The minimum atomic E-state index is -4.74. The van der Waals surface area contributed by atoms with E-state index in [-0.39, 0.29) is 11.3 Å². The second-order valence-corrected chi connectivity index (χ2v) is 10.1. The first-order chi connectivity index (χ1) is 17.1. The fraction of sp³-hybridized carbons (Fsp3) is 0.261. The smallest absolute Gasteiger partial charge is 0.274 e. The molecule has 36 heavy (non-hydrogen) atoms. The maximum Gasteiger partial charge on any atom is 0.404 e. The molecule has 4 heterocycles. The van der Waals surface area contributed by atoms with Gasteiger partial charge in [-0.3, -0.25) is 14.5 Å². The van der Waals surface area contributed by atoms with Crippen LogP contribution >= 0.6 is 0 Å². The van der Waals surface area contributed by atoms with Crippen LogP contribution in [-0.4, -0.2) is 45.1 Å². The van der Waals surface area contributed by atoms with E-state index < -0.39 is 27.1 Å². The molecular formula is C23H18F3N7O2S. The molecule has 0 aromatic carbocycles. The Kier molecular flexibility index (Phi) is 5.73. The van der Waals surface area contributed by atoms with Gasteiger partial charge in [-0.05, 0) is 49.4 Å². The zero-order valence-corrected chi connectivity index (χ0v) is 19.5. The maximum absolute atomic E-state index is 12.9. The fourth-order valence-corrected chi connectivity index (χ4v) is 5.03. The molecule has 1 N–H and O–H groups in total. The molecule has 184 valence electrons. The molecule has 0 radical (unpaired) electrons. The van der Waals surface area contributed by atoms with Crippen LogP contribution in [0.1, 0.15) is 36.8 Å². The number of nitrogens with one attached hydrogen (secondary N) is 1. The largest absolute Gasteiger partial charge is 0.404 e. The summed E-state index contributed by atoms with van der Waals surface area (Å²) in [4.78, 5) is 16.8. The third kappa shape index (κ3) is 4.29. The number of sulfonamides is 1. The second kappa shape index (κ2) is 8.65. The van der Waals surface area contributed by atoms with Gasteiger partial charge in [0.15, 0.2) is 5.82 Å². The summed E-state index contributed by atoms with van der Waals surface area (Å²) in [5.41, 5.74) is 2.25. The summed E-state index contributed by atoms with van der Waals surface area (Å²) < 4.78 is 66.7. The average Bonchev–Trinajstić information content (AvgIpc) is 3.65. The predicted octanol–water partition coefficient (Wildman–Crippen LogP) is 3.86. The van der Waals surface area contributed by atoms with Gasteiger partial charge < -0.3 is 0 Å². The van der Waals surface area contributed by atoms with E-state index >= 15 is 0 Å². The lowest BCUT2D eigenvalue weighted by molar-refractivity contribution is -0.147. The Morgan fingerprint density at radius 3 is 2.50 bits per heavy atom. The van der Waals surface area contributed by atoms with Gasteiger partial charge in [0, 0.05) is 30.2 Å². The van der Waals surface area contributed by atoms with Gasteiger partial charge in [-0.25, -0.2) is 18.4 Å². The number of nitriles is 1. The van der Waals surface area contributed by atoms with Crippen LogP contribution in [0.3, 0.4) is 0 Å². The fourth-order valence-electron chi connectivity index (χ4n) is 3.85. The van der Waals surface area contributed by atoms with Crippen molar-refractivity contribution in [3.8, 4) is 23.3 Å². The summed E-state index contributed by atoms with van der Waals surface area (Å²) in [7, 11) is -4.49. The molecular weight excluding hydrogens is 495 g/mol. The van der Waals surface area contributed by atoms with Crippen LogP contribution < -0.4 is 4.72 Å². The second-order valence-electron chi connectivity index (χ2n) is 8.41. The topological polar surface area (TPSA) is 126 Å². The first-order valence-corrected chi connectivity index (χ1v) is 12.3. The van der Waals surface area contributed by atoms with Crippen molar-refractivity contribution >= 4 is 21.1 Å². The third-order valence-electron chi connectivity index (χ3n) is 5.88. The summed E-state index contributed by atoms with van der Waals surface area (Å²) in [5, 5.41) is 10.7. The molecule has 5 rings (SSSR count). The number of pyridine rings is 2. The van der Waals surface area contributed by atoms with Crippen LogP contribution in [0.25, 0.3) is 28.2 Å². The molecule has 1 atom stereocenters. The van der Waals surface area contributed by atoms with E-state index in [9.17, 15) is 26.9 Å². The van der Waals surface area contributed by atoms with Crippen LogP contribution in [0.5, 0.6) is 0 Å². The number of fused-ring (bicyclic) bond motifs is 1. The Morgan fingerprint density at radius 1 is 1.14 bits per heavy atom. The lowest BCUT2D eigenvalue weighted by Crippen LogP contribution is -2.42. The van der Waals surface area contributed by atoms with Crippen LogP contribution in [-0.2, 0) is 10.0 Å². The summed E-state index contributed by atoms with van der Waals surface area (Å²) in [6.07, 6.45) is 4.51. The van der Waals surface area contributed by atoms with Gasteiger partial charge in [0.1, 0.15) is 22.7 Å². The van der Waals surface area contributed by atoms with E-state index in [1.165, 1.54) is 24.7 Å². The van der Waals surface area contributed by atoms with Crippen molar-refractivity contribution in [3.05, 3.63) is 60.3 Å². The van der Waals surface area contributed by atoms with Crippen molar-refractivity contribution < 1.29 is 21.6 Å². The molecule has 1 fully saturated rings. The molecule has 0 saturated heterocycles. The van der Waals surface area contributed by atoms with Gasteiger partial charge in [-0.2, -0.15) is 23.2 Å². The highest BCUT2D eigenvalue weighted by molar-refractivity contribution is 7.89. The quantitative estimate of drug-likeness (QED) is 0.415. The molecule has 4 aromatic rings. The van der Waals surface area contributed by atoms with Crippen molar-refractivity contribution in [1.82, 2.24) is 29.2 Å². The molecule has 13 heteroatoms. The lowest BCUT2D eigenvalue weighted by Gasteiger charge is -2.17. The van der Waals surface area contributed by atoms with Gasteiger partial charge in [0.25, 0.3) is 0 Å². The monoisotopic (exact) mass is 513 g/mol. The van der Waals surface area contributed by atoms with Gasteiger partial charge >= 0.3 is 6.18 Å². The van der Waals surface area contributed by atoms with Crippen LogP contribution in [0.4, 0.5) is 13.2 Å². The number of rotatable bonds is 6. The van der Waals surface area contributed by atoms with E-state index in [1.54, 1.807) is 15.5 Å². The van der Waals surface area contributed by atoms with E-state index in [0.29, 0.717) is 35.4 Å². The number of nitrogens with zero attached hydrogens (tertiary/aromatic N) is 6. The minimum Gasteiger partial charge on any atom is -0.274 e. The van der Waals surface area contributed by atoms with Gasteiger partial charge in [-0.1, -0.05) is 0 Å². The van der Waals surface area contributed by atoms with E-state index in [1.807, 2.05) is 6.07 Å². The number of hydrogen-bond donors (Lipinski definition) is 1. The third-order valence-corrected chi connectivity index (χ3v) is 7.41. The molecule has 1 aliphatic carbocycles. The van der Waals surface area contributed by atoms with Crippen LogP contribution in [0.15, 0.2) is 54.1 Å². The average molecular weight is 514 g/mol. The Bertz CT molecular complexity index is 1590. The molecule has 0 spiro atoms. The Labute approximate surface area is 203 Å². The molecule has 0 amide bonds. The highest BCUT2D eigenvalue weighted by atomic mass is 32.2. The van der Waals surface area contributed by atoms with Crippen LogP contribution in [0, 0.1) is 11.3 Å². The first kappa shape index (κ1) is 23.8. The van der Waals surface area contributed by atoms with Crippen LogP contribution in [0.2, 0.25) is 0 Å². The number of hydrogen-bond acceptors (Lipinski definition) is 7. The minimum absolute atomic E-state index is 0.214. The predicted molar refractivity (Wildman–Crippen MR) is 122 cm³/mol. The highest BCUT2D eigenvalue weighted by Crippen LogP contribution is 2.42. The van der Waals surface area contributed by atoms with E-state index in [0.717, 1.165) is 30.7 Å². The normalized spacial score (nSPS) is 15.1. The standard InChI is InChI=1S/C23H18F3N7O2S/c1-13(23(24,25)26)32-36(34,35)16-4-5-19(30-11-16)21-18(9-27)17-8-15(14-2-3-14)10-31-22(17)33(21)20-12-28-6-7-29-20/h4-8,10-14,32H,2-3H2,1H3. The summed E-state index contributed by atoms with van der Waals surface area (Å²) >= 11 is 0. The van der Waals surface area contributed by atoms with Crippen molar-refractivity contribution in [1.29, 1.82) is 5.26 Å². The number of alkyl halides is 3. The summed E-state index contributed by atoms with van der Waals surface area (Å²) in [6.45, 7) is 0.709. The number of halogens is 3. The van der Waals surface area contributed by atoms with Crippen molar-refractivity contribution in [2.75, 3.05) is 0 Å². The molecule has 0 bridgehead atoms. The van der Waals surface area contributed by atoms with Gasteiger partial charge in [0.05, 0.1) is 23.1 Å².